The van der Waals surface area contributed by atoms with Gasteiger partial charge in [0.2, 0.25) is 0 Å². The summed E-state index contributed by atoms with van der Waals surface area (Å²) in [6, 6.07) is 5.87. The van der Waals surface area contributed by atoms with Gasteiger partial charge in [-0.15, -0.1) is 11.3 Å². The summed E-state index contributed by atoms with van der Waals surface area (Å²) >= 11 is 1.41. The lowest BCUT2D eigenvalue weighted by Crippen LogP contribution is -1.62. The lowest BCUT2D eigenvalue weighted by Gasteiger charge is -1.78. The molecular weight excluding hydrogens is 168 g/mol. The molecule has 0 fully saturated rings. The van der Waals surface area contributed by atoms with Crippen LogP contribution >= 0.6 is 11.3 Å². The van der Waals surface area contributed by atoms with Crippen molar-refractivity contribution in [3.05, 3.63) is 28.0 Å². The predicted molar refractivity (Wildman–Crippen MR) is 48.3 cm³/mol. The molecule has 3 heteroatoms. The summed E-state index contributed by atoms with van der Waals surface area (Å²) in [5.74, 6) is 0. The van der Waals surface area contributed by atoms with Crippen LogP contribution in [0.1, 0.15) is 16.9 Å². The lowest BCUT2D eigenvalue weighted by molar-refractivity contribution is 1.36. The Labute approximate surface area is 75.0 Å². The number of nitrogens with zero attached hydrogens (tertiary/aromatic N) is 2. The van der Waals surface area contributed by atoms with E-state index in [2.05, 4.69) is 6.07 Å². The molecule has 0 amide bonds. The first kappa shape index (κ1) is 8.52. The van der Waals surface area contributed by atoms with Crippen LogP contribution in [0.2, 0.25) is 0 Å². The fourth-order valence-electron chi connectivity index (χ4n) is 0.745. The highest BCUT2D eigenvalue weighted by Gasteiger charge is 1.93. The third kappa shape index (κ3) is 2.23. The minimum absolute atomic E-state index is 0.414. The van der Waals surface area contributed by atoms with Crippen molar-refractivity contribution in [1.82, 2.24) is 0 Å². The van der Waals surface area contributed by atoms with E-state index in [1.165, 1.54) is 11.3 Å². The zero-order chi connectivity index (χ0) is 8.81. The van der Waals surface area contributed by atoms with Crippen LogP contribution in [-0.2, 0) is 0 Å². The molecule has 0 aromatic carbocycles. The minimum atomic E-state index is 0.414. The number of rotatable bonds is 2. The Hall–Kier alpha value is -1.58. The molecule has 0 bridgehead atoms. The molecule has 1 aromatic heterocycles. The third-order valence-corrected chi connectivity index (χ3v) is 2.10. The molecule has 0 saturated carbocycles. The van der Waals surface area contributed by atoms with Crippen LogP contribution in [0.5, 0.6) is 0 Å². The second-order valence-corrected chi connectivity index (χ2v) is 3.03. The first-order valence-corrected chi connectivity index (χ1v) is 4.27. The van der Waals surface area contributed by atoms with Crippen molar-refractivity contribution in [2.45, 2.75) is 6.42 Å². The summed E-state index contributed by atoms with van der Waals surface area (Å²) in [5, 5.41) is 18.6. The quantitative estimate of drug-likeness (QED) is 0.691. The van der Waals surface area contributed by atoms with E-state index < -0.39 is 0 Å². The van der Waals surface area contributed by atoms with E-state index in [1.54, 1.807) is 12.1 Å². The van der Waals surface area contributed by atoms with Crippen molar-refractivity contribution in [1.29, 1.82) is 10.5 Å². The molecule has 0 aliphatic heterocycles. The van der Waals surface area contributed by atoms with E-state index in [0.29, 0.717) is 11.3 Å². The van der Waals surface area contributed by atoms with Crippen molar-refractivity contribution < 1.29 is 0 Å². The third-order valence-electron chi connectivity index (χ3n) is 1.25. The lowest BCUT2D eigenvalue weighted by atomic mass is 10.2. The van der Waals surface area contributed by atoms with E-state index in [4.69, 9.17) is 10.5 Å². The zero-order valence-electron chi connectivity index (χ0n) is 6.32. The van der Waals surface area contributed by atoms with Gasteiger partial charge in [0.1, 0.15) is 10.9 Å². The summed E-state index contributed by atoms with van der Waals surface area (Å²) in [6.45, 7) is 0. The average Bonchev–Trinajstić information content (AvgIpc) is 2.53. The maximum Gasteiger partial charge on any atom is 0.110 e. The highest BCUT2D eigenvalue weighted by molar-refractivity contribution is 7.10. The zero-order valence-corrected chi connectivity index (χ0v) is 7.14. The molecule has 0 spiro atoms. The van der Waals surface area contributed by atoms with E-state index in [1.807, 2.05) is 17.5 Å². The Kier molecular flexibility index (Phi) is 3.07. The number of hydrogen-bond donors (Lipinski definition) is 0. The predicted octanol–water partition coefficient (Wildman–Crippen LogP) is 2.55. The number of hydrogen-bond acceptors (Lipinski definition) is 3. The van der Waals surface area contributed by atoms with Crippen molar-refractivity contribution in [2.75, 3.05) is 0 Å². The average molecular weight is 174 g/mol. The van der Waals surface area contributed by atoms with Gasteiger partial charge >= 0.3 is 0 Å². The molecule has 1 aromatic rings. The second kappa shape index (κ2) is 4.33. The molecule has 12 heavy (non-hydrogen) atoms. The molecule has 2 nitrogen and oxygen atoms in total. The van der Waals surface area contributed by atoms with Crippen LogP contribution in [0.4, 0.5) is 0 Å². The Balaban J connectivity index is 2.67. The van der Waals surface area contributed by atoms with Crippen molar-refractivity contribution in [2.24, 2.45) is 0 Å². The highest BCUT2D eigenvalue weighted by Crippen LogP contribution is 2.14. The smallest absolute Gasteiger partial charge is 0.110 e. The first-order valence-electron chi connectivity index (χ1n) is 3.39. The van der Waals surface area contributed by atoms with E-state index >= 15 is 0 Å². The highest BCUT2D eigenvalue weighted by atomic mass is 32.1. The van der Waals surface area contributed by atoms with Crippen LogP contribution in [0.3, 0.4) is 0 Å². The Morgan fingerprint density at radius 1 is 1.50 bits per heavy atom. The van der Waals surface area contributed by atoms with E-state index in [-0.39, 0.29) is 0 Å². The Bertz CT molecular complexity index is 363. The van der Waals surface area contributed by atoms with Gasteiger partial charge < -0.3 is 0 Å². The Morgan fingerprint density at radius 3 is 2.92 bits per heavy atom. The van der Waals surface area contributed by atoms with Crippen LogP contribution in [0, 0.1) is 22.7 Å². The summed E-state index contributed by atoms with van der Waals surface area (Å²) in [4.78, 5) is 0.701. The van der Waals surface area contributed by atoms with Gasteiger partial charge in [0.05, 0.1) is 12.5 Å². The van der Waals surface area contributed by atoms with E-state index in [9.17, 15) is 0 Å². The summed E-state index contributed by atoms with van der Waals surface area (Å²) in [7, 11) is 0. The van der Waals surface area contributed by atoms with Crippen molar-refractivity contribution >= 4 is 17.4 Å². The van der Waals surface area contributed by atoms with Crippen molar-refractivity contribution in [3.8, 4) is 12.1 Å². The SMILES string of the molecule is N#CCC=Cc1csc(C#N)c1. The van der Waals surface area contributed by atoms with Gasteiger partial charge in [-0.2, -0.15) is 10.5 Å². The first-order chi connectivity index (χ1) is 5.86. The fraction of sp³-hybridized carbons (Fsp3) is 0.111. The topological polar surface area (TPSA) is 47.6 Å². The van der Waals surface area contributed by atoms with Crippen LogP contribution < -0.4 is 0 Å². The molecule has 0 atom stereocenters. The molecule has 0 N–H and O–H groups in total. The van der Waals surface area contributed by atoms with Crippen LogP contribution in [0.25, 0.3) is 6.08 Å². The van der Waals surface area contributed by atoms with Crippen LogP contribution in [0.15, 0.2) is 17.5 Å². The van der Waals surface area contributed by atoms with Gasteiger partial charge in [-0.05, 0) is 17.0 Å². The normalized spacial score (nSPS) is 9.50. The maximum atomic E-state index is 8.51. The molecule has 0 aliphatic rings. The van der Waals surface area contributed by atoms with Gasteiger partial charge in [0, 0.05) is 0 Å². The molecule has 0 unspecified atom stereocenters. The molecule has 58 valence electrons. The minimum Gasteiger partial charge on any atom is -0.198 e. The van der Waals surface area contributed by atoms with Gasteiger partial charge in [-0.3, -0.25) is 0 Å². The number of nitriles is 2. The molecule has 1 rings (SSSR count). The van der Waals surface area contributed by atoms with Gasteiger partial charge in [0.25, 0.3) is 0 Å². The van der Waals surface area contributed by atoms with Crippen molar-refractivity contribution in [3.63, 3.8) is 0 Å². The summed E-state index contributed by atoms with van der Waals surface area (Å²) in [6.07, 6.45) is 4.04. The molecular formula is C9H6N2S. The van der Waals surface area contributed by atoms with Gasteiger partial charge in [-0.25, -0.2) is 0 Å². The molecule has 1 heterocycles. The largest absolute Gasteiger partial charge is 0.198 e. The fourth-order valence-corrected chi connectivity index (χ4v) is 1.41. The van der Waals surface area contributed by atoms with E-state index in [0.717, 1.165) is 5.56 Å². The molecule has 0 radical (unpaired) electrons. The Morgan fingerprint density at radius 2 is 2.33 bits per heavy atom. The standard InChI is InChI=1S/C9H6N2S/c10-4-2-1-3-8-5-9(6-11)12-7-8/h1,3,5,7H,2H2. The van der Waals surface area contributed by atoms with Gasteiger partial charge in [0.15, 0.2) is 0 Å². The molecule has 0 aliphatic carbocycles. The summed E-state index contributed by atoms with van der Waals surface area (Å²) < 4.78 is 0. The summed E-state index contributed by atoms with van der Waals surface area (Å²) in [5.41, 5.74) is 0.992. The monoisotopic (exact) mass is 174 g/mol. The molecule has 0 saturated heterocycles. The number of allylic oxidation sites excluding steroid dienone is 1. The van der Waals surface area contributed by atoms with Crippen LogP contribution in [-0.4, -0.2) is 0 Å². The van der Waals surface area contributed by atoms with Gasteiger partial charge in [-0.1, -0.05) is 12.2 Å². The number of thiophene rings is 1. The second-order valence-electron chi connectivity index (χ2n) is 2.12. The maximum absolute atomic E-state index is 8.51.